The highest BCUT2D eigenvalue weighted by atomic mass is 16.5. The second-order valence-corrected chi connectivity index (χ2v) is 6.81. The summed E-state index contributed by atoms with van der Waals surface area (Å²) in [5.74, 6) is 0.828. The Hall–Kier alpha value is -0.500. The predicted octanol–water partition coefficient (Wildman–Crippen LogP) is 6.77. The lowest BCUT2D eigenvalue weighted by molar-refractivity contribution is 0.139. The summed E-state index contributed by atoms with van der Waals surface area (Å²) in [7, 11) is 0. The molecule has 0 radical (unpaired) electrons. The molecule has 2 nitrogen and oxygen atoms in total. The molecule has 23 heavy (non-hydrogen) atoms. The fourth-order valence-corrected chi connectivity index (χ4v) is 2.96. The lowest BCUT2D eigenvalue weighted by Crippen LogP contribution is -1.98. The van der Waals surface area contributed by atoms with E-state index in [4.69, 9.17) is 9.84 Å². The molecule has 0 aromatic heterocycles. The Morgan fingerprint density at radius 3 is 1.48 bits per heavy atom. The Labute approximate surface area is 145 Å². The molecule has 0 atom stereocenters. The minimum Gasteiger partial charge on any atom is -0.496 e. The zero-order chi connectivity index (χ0) is 17.0. The first-order valence-corrected chi connectivity index (χ1v) is 10.2. The highest BCUT2D eigenvalue weighted by Gasteiger charge is 1.97. The molecule has 0 amide bonds. The average Bonchev–Trinajstić information content (AvgIpc) is 2.56. The van der Waals surface area contributed by atoms with Crippen LogP contribution in [0.3, 0.4) is 0 Å². The van der Waals surface area contributed by atoms with Gasteiger partial charge in [0, 0.05) is 6.42 Å². The van der Waals surface area contributed by atoms with Crippen molar-refractivity contribution in [2.45, 2.75) is 110 Å². The third-order valence-electron chi connectivity index (χ3n) is 4.46. The molecular formula is C21H42O2. The van der Waals surface area contributed by atoms with Gasteiger partial charge in [0.25, 0.3) is 0 Å². The minimum atomic E-state index is 0.0812. The van der Waals surface area contributed by atoms with Gasteiger partial charge in [-0.25, -0.2) is 0 Å². The molecule has 0 aromatic carbocycles. The van der Waals surface area contributed by atoms with Crippen molar-refractivity contribution < 1.29 is 9.84 Å². The van der Waals surface area contributed by atoms with Crippen LogP contribution < -0.4 is 0 Å². The van der Waals surface area contributed by atoms with Crippen LogP contribution in [-0.2, 0) is 4.74 Å². The molecule has 1 N–H and O–H groups in total. The van der Waals surface area contributed by atoms with E-state index in [1.54, 1.807) is 0 Å². The summed E-state index contributed by atoms with van der Waals surface area (Å²) in [6.45, 7) is 6.61. The standard InChI is InChI=1S/C21H42O2/c1-3-4-5-6-7-8-9-10-11-12-13-14-15-16-17-18-21(2)23-20-19-22/h22H,2-20H2,1H3. The second kappa shape index (κ2) is 19.5. The number of aliphatic hydroxyl groups excluding tert-OH is 1. The fourth-order valence-electron chi connectivity index (χ4n) is 2.96. The van der Waals surface area contributed by atoms with Gasteiger partial charge in [-0.1, -0.05) is 103 Å². The van der Waals surface area contributed by atoms with Gasteiger partial charge in [-0.15, -0.1) is 0 Å². The third kappa shape index (κ3) is 19.5. The normalized spacial score (nSPS) is 10.9. The lowest BCUT2D eigenvalue weighted by atomic mass is 10.0. The second-order valence-electron chi connectivity index (χ2n) is 6.81. The van der Waals surface area contributed by atoms with Gasteiger partial charge in [0.15, 0.2) is 0 Å². The van der Waals surface area contributed by atoms with Crippen LogP contribution in [0.25, 0.3) is 0 Å². The highest BCUT2D eigenvalue weighted by Crippen LogP contribution is 2.14. The van der Waals surface area contributed by atoms with Crippen molar-refractivity contribution in [2.75, 3.05) is 13.2 Å². The Bertz CT molecular complexity index is 238. The van der Waals surface area contributed by atoms with Crippen LogP contribution in [0.2, 0.25) is 0 Å². The SMILES string of the molecule is C=C(CCCCCCCCCCCCCCCCC)OCCO. The number of hydrogen-bond acceptors (Lipinski definition) is 2. The number of allylic oxidation sites excluding steroid dienone is 1. The quantitative estimate of drug-likeness (QED) is 0.210. The van der Waals surface area contributed by atoms with Crippen LogP contribution in [0.1, 0.15) is 110 Å². The molecule has 0 unspecified atom stereocenters. The van der Waals surface area contributed by atoms with E-state index in [1.165, 1.54) is 96.3 Å². The first kappa shape index (κ1) is 22.5. The third-order valence-corrected chi connectivity index (χ3v) is 4.46. The van der Waals surface area contributed by atoms with Gasteiger partial charge in [0.05, 0.1) is 12.4 Å². The number of unbranched alkanes of at least 4 members (excludes halogenated alkanes) is 14. The summed E-state index contributed by atoms with van der Waals surface area (Å²) in [5.41, 5.74) is 0. The van der Waals surface area contributed by atoms with Crippen molar-refractivity contribution in [3.8, 4) is 0 Å². The van der Waals surface area contributed by atoms with Gasteiger partial charge in [-0.05, 0) is 6.42 Å². The molecule has 138 valence electrons. The molecule has 0 spiro atoms. The van der Waals surface area contributed by atoms with Crippen molar-refractivity contribution in [3.63, 3.8) is 0 Å². The van der Waals surface area contributed by atoms with Crippen LogP contribution >= 0.6 is 0 Å². The smallest absolute Gasteiger partial charge is 0.111 e. The molecule has 0 saturated heterocycles. The first-order chi connectivity index (χ1) is 11.3. The van der Waals surface area contributed by atoms with Gasteiger partial charge in [0.2, 0.25) is 0 Å². The van der Waals surface area contributed by atoms with Crippen LogP contribution in [-0.4, -0.2) is 18.3 Å². The fraction of sp³-hybridized carbons (Fsp3) is 0.905. The lowest BCUT2D eigenvalue weighted by Gasteiger charge is -2.07. The Balaban J connectivity index is 3.04. The van der Waals surface area contributed by atoms with Crippen molar-refractivity contribution in [1.82, 2.24) is 0 Å². The van der Waals surface area contributed by atoms with Gasteiger partial charge in [-0.2, -0.15) is 0 Å². The van der Waals surface area contributed by atoms with Crippen LogP contribution in [0.15, 0.2) is 12.3 Å². The molecular weight excluding hydrogens is 284 g/mol. The van der Waals surface area contributed by atoms with Gasteiger partial charge in [0.1, 0.15) is 6.61 Å². The Kier molecular flexibility index (Phi) is 19.1. The van der Waals surface area contributed by atoms with Crippen LogP contribution in [0, 0.1) is 0 Å². The number of hydrogen-bond donors (Lipinski definition) is 1. The molecule has 0 aliphatic rings. The maximum atomic E-state index is 8.65. The van der Waals surface area contributed by atoms with E-state index in [0.717, 1.165) is 12.2 Å². The maximum Gasteiger partial charge on any atom is 0.111 e. The molecule has 0 saturated carbocycles. The molecule has 0 rings (SSSR count). The van der Waals surface area contributed by atoms with Crippen molar-refractivity contribution >= 4 is 0 Å². The summed E-state index contributed by atoms with van der Waals surface area (Å²) in [4.78, 5) is 0. The van der Waals surface area contributed by atoms with E-state index in [-0.39, 0.29) is 6.61 Å². The number of ether oxygens (including phenoxy) is 1. The minimum absolute atomic E-state index is 0.0812. The topological polar surface area (TPSA) is 29.5 Å². The molecule has 0 aliphatic carbocycles. The van der Waals surface area contributed by atoms with Crippen LogP contribution in [0.5, 0.6) is 0 Å². The van der Waals surface area contributed by atoms with Crippen molar-refractivity contribution in [1.29, 1.82) is 0 Å². The molecule has 0 heterocycles. The van der Waals surface area contributed by atoms with E-state index in [0.29, 0.717) is 6.61 Å². The maximum absolute atomic E-state index is 8.65. The van der Waals surface area contributed by atoms with Crippen molar-refractivity contribution in [2.24, 2.45) is 0 Å². The van der Waals surface area contributed by atoms with E-state index >= 15 is 0 Å². The summed E-state index contributed by atoms with van der Waals surface area (Å²) in [6.07, 6.45) is 21.8. The molecule has 0 aromatic rings. The molecule has 0 bridgehead atoms. The monoisotopic (exact) mass is 326 g/mol. The zero-order valence-electron chi connectivity index (χ0n) is 15.8. The van der Waals surface area contributed by atoms with E-state index < -0.39 is 0 Å². The largest absolute Gasteiger partial charge is 0.496 e. The number of rotatable bonds is 19. The number of aliphatic hydroxyl groups is 1. The summed E-state index contributed by atoms with van der Waals surface area (Å²) in [5, 5.41) is 8.65. The average molecular weight is 327 g/mol. The summed E-state index contributed by atoms with van der Waals surface area (Å²) in [6, 6.07) is 0. The van der Waals surface area contributed by atoms with Crippen LogP contribution in [0.4, 0.5) is 0 Å². The van der Waals surface area contributed by atoms with Crippen molar-refractivity contribution in [3.05, 3.63) is 12.3 Å². The Morgan fingerprint density at radius 2 is 1.09 bits per heavy atom. The molecule has 0 fully saturated rings. The van der Waals surface area contributed by atoms with E-state index in [1.807, 2.05) is 0 Å². The highest BCUT2D eigenvalue weighted by molar-refractivity contribution is 4.81. The molecule has 0 aliphatic heterocycles. The van der Waals surface area contributed by atoms with E-state index in [2.05, 4.69) is 13.5 Å². The summed E-state index contributed by atoms with van der Waals surface area (Å²) >= 11 is 0. The van der Waals surface area contributed by atoms with Gasteiger partial charge >= 0.3 is 0 Å². The van der Waals surface area contributed by atoms with Gasteiger partial charge < -0.3 is 9.84 Å². The Morgan fingerprint density at radius 1 is 0.696 bits per heavy atom. The molecule has 2 heteroatoms. The first-order valence-electron chi connectivity index (χ1n) is 10.2. The van der Waals surface area contributed by atoms with Gasteiger partial charge in [-0.3, -0.25) is 0 Å². The predicted molar refractivity (Wildman–Crippen MR) is 102 cm³/mol. The summed E-state index contributed by atoms with van der Waals surface area (Å²) < 4.78 is 5.27. The zero-order valence-corrected chi connectivity index (χ0v) is 15.8. The van der Waals surface area contributed by atoms with E-state index in [9.17, 15) is 0 Å².